The molecule has 0 saturated carbocycles. The Morgan fingerprint density at radius 3 is 3.11 bits per heavy atom. The highest BCUT2D eigenvalue weighted by atomic mass is 16.5. The highest BCUT2D eigenvalue weighted by molar-refractivity contribution is 6.12. The van der Waals surface area contributed by atoms with Crippen LogP contribution < -0.4 is 0 Å². The molecule has 2 aromatic rings. The molecule has 18 heavy (non-hydrogen) atoms. The lowest BCUT2D eigenvalue weighted by Crippen LogP contribution is -2.28. The van der Waals surface area contributed by atoms with Crippen LogP contribution >= 0.6 is 0 Å². The van der Waals surface area contributed by atoms with E-state index in [4.69, 9.17) is 4.74 Å². The van der Waals surface area contributed by atoms with E-state index in [-0.39, 0.29) is 12.4 Å². The summed E-state index contributed by atoms with van der Waals surface area (Å²) in [7, 11) is 0. The number of H-pyrrole nitrogens is 1. The molecular weight excluding hydrogens is 230 g/mol. The van der Waals surface area contributed by atoms with Crippen molar-refractivity contribution in [2.75, 3.05) is 6.61 Å². The van der Waals surface area contributed by atoms with Crippen molar-refractivity contribution in [2.45, 2.75) is 19.3 Å². The number of carbonyl (C=O) groups is 2. The van der Waals surface area contributed by atoms with Crippen molar-refractivity contribution in [1.29, 1.82) is 0 Å². The first-order valence-corrected chi connectivity index (χ1v) is 6.00. The largest absolute Gasteiger partial charge is 0.465 e. The monoisotopic (exact) mass is 243 g/mol. The molecule has 1 aromatic heterocycles. The van der Waals surface area contributed by atoms with Gasteiger partial charge in [0.15, 0.2) is 5.78 Å². The molecule has 1 N–H and O–H groups in total. The van der Waals surface area contributed by atoms with Crippen LogP contribution in [0.3, 0.4) is 0 Å². The summed E-state index contributed by atoms with van der Waals surface area (Å²) >= 11 is 0. The molecule has 1 unspecified atom stereocenters. The van der Waals surface area contributed by atoms with E-state index in [2.05, 4.69) is 4.98 Å². The van der Waals surface area contributed by atoms with Gasteiger partial charge in [0.1, 0.15) is 5.92 Å². The molecule has 1 atom stereocenters. The number of hydrogen-bond donors (Lipinski definition) is 1. The fraction of sp³-hybridized carbons (Fsp3) is 0.286. The zero-order valence-corrected chi connectivity index (χ0v) is 10.0. The number of Topliss-reactive ketones (excluding diaryl/α,β-unsaturated/α-hetero) is 1. The molecule has 1 aliphatic rings. The molecule has 92 valence electrons. The van der Waals surface area contributed by atoms with Crippen LogP contribution in [0.15, 0.2) is 24.4 Å². The molecule has 0 aliphatic heterocycles. The first-order chi connectivity index (χ1) is 8.72. The lowest BCUT2D eigenvalue weighted by Gasteiger charge is -2.19. The summed E-state index contributed by atoms with van der Waals surface area (Å²) in [4.78, 5) is 27.1. The topological polar surface area (TPSA) is 59.2 Å². The molecule has 0 amide bonds. The number of benzene rings is 1. The van der Waals surface area contributed by atoms with Crippen LogP contribution in [0.4, 0.5) is 0 Å². The number of ether oxygens (including phenoxy) is 1. The van der Waals surface area contributed by atoms with Gasteiger partial charge in [0.05, 0.1) is 6.61 Å². The SMILES string of the molecule is CCOC(=O)C1C(=O)Cc2cccc3[nH]cc1c23. The molecule has 0 spiro atoms. The fourth-order valence-electron chi connectivity index (χ4n) is 2.61. The van der Waals surface area contributed by atoms with Gasteiger partial charge in [-0.05, 0) is 24.1 Å². The zero-order valence-electron chi connectivity index (χ0n) is 10.0. The highest BCUT2D eigenvalue weighted by Gasteiger charge is 2.36. The van der Waals surface area contributed by atoms with Crippen LogP contribution in [0.25, 0.3) is 10.9 Å². The minimum atomic E-state index is -0.770. The van der Waals surface area contributed by atoms with E-state index >= 15 is 0 Å². The maximum absolute atomic E-state index is 12.1. The van der Waals surface area contributed by atoms with Crippen molar-refractivity contribution in [2.24, 2.45) is 0 Å². The zero-order chi connectivity index (χ0) is 12.7. The molecular formula is C14H13NO3. The number of carbonyl (C=O) groups excluding carboxylic acids is 2. The Balaban J connectivity index is 2.17. The smallest absolute Gasteiger partial charge is 0.321 e. The molecule has 0 fully saturated rings. The highest BCUT2D eigenvalue weighted by Crippen LogP contribution is 2.35. The summed E-state index contributed by atoms with van der Waals surface area (Å²) in [6.45, 7) is 2.03. The van der Waals surface area contributed by atoms with Crippen LogP contribution in [-0.2, 0) is 20.7 Å². The number of aromatic nitrogens is 1. The Morgan fingerprint density at radius 1 is 1.50 bits per heavy atom. The van der Waals surface area contributed by atoms with E-state index in [1.54, 1.807) is 13.1 Å². The Hall–Kier alpha value is -2.10. The van der Waals surface area contributed by atoms with Crippen molar-refractivity contribution >= 4 is 22.7 Å². The van der Waals surface area contributed by atoms with Crippen LogP contribution in [0.2, 0.25) is 0 Å². The third kappa shape index (κ3) is 1.45. The summed E-state index contributed by atoms with van der Waals surface area (Å²) in [6, 6.07) is 5.79. The van der Waals surface area contributed by atoms with Crippen molar-refractivity contribution in [1.82, 2.24) is 4.98 Å². The summed E-state index contributed by atoms with van der Waals surface area (Å²) in [5.41, 5.74) is 2.69. The predicted octanol–water partition coefficient (Wildman–Crippen LogP) is 1.94. The normalized spacial score (nSPS) is 18.1. The number of rotatable bonds is 2. The Bertz CT molecular complexity index is 642. The summed E-state index contributed by atoms with van der Waals surface area (Å²) in [5, 5.41) is 0.996. The van der Waals surface area contributed by atoms with Crippen molar-refractivity contribution < 1.29 is 14.3 Å². The second-order valence-electron chi connectivity index (χ2n) is 4.41. The standard InChI is InChI=1S/C14H13NO3/c1-2-18-14(17)13-9-7-15-10-5-3-4-8(12(9)10)6-11(13)16/h3-5,7,13,15H,2,6H2,1H3. The van der Waals surface area contributed by atoms with Gasteiger partial charge < -0.3 is 9.72 Å². The van der Waals surface area contributed by atoms with Gasteiger partial charge in [-0.1, -0.05) is 12.1 Å². The molecule has 0 bridgehead atoms. The predicted molar refractivity (Wildman–Crippen MR) is 66.4 cm³/mol. The van der Waals surface area contributed by atoms with Crippen molar-refractivity contribution in [3.63, 3.8) is 0 Å². The number of hydrogen-bond acceptors (Lipinski definition) is 3. The number of esters is 1. The Kier molecular flexibility index (Phi) is 2.44. The average Bonchev–Trinajstić information content (AvgIpc) is 2.75. The molecule has 0 radical (unpaired) electrons. The van der Waals surface area contributed by atoms with Gasteiger partial charge in [-0.3, -0.25) is 9.59 Å². The molecule has 4 heteroatoms. The summed E-state index contributed by atoms with van der Waals surface area (Å²) < 4.78 is 4.99. The van der Waals surface area contributed by atoms with E-state index in [1.807, 2.05) is 18.2 Å². The van der Waals surface area contributed by atoms with Gasteiger partial charge in [0.25, 0.3) is 0 Å². The van der Waals surface area contributed by atoms with Gasteiger partial charge in [-0.2, -0.15) is 0 Å². The lowest BCUT2D eigenvalue weighted by atomic mass is 9.83. The molecule has 0 saturated heterocycles. The maximum atomic E-state index is 12.1. The maximum Gasteiger partial charge on any atom is 0.321 e. The van der Waals surface area contributed by atoms with Crippen LogP contribution in [-0.4, -0.2) is 23.3 Å². The number of aromatic amines is 1. The summed E-state index contributed by atoms with van der Waals surface area (Å²) in [5.74, 6) is -1.31. The van der Waals surface area contributed by atoms with E-state index in [0.717, 1.165) is 22.0 Å². The van der Waals surface area contributed by atoms with Gasteiger partial charge in [-0.25, -0.2) is 0 Å². The minimum Gasteiger partial charge on any atom is -0.465 e. The molecule has 3 rings (SSSR count). The molecule has 1 heterocycles. The van der Waals surface area contributed by atoms with Crippen LogP contribution in [0, 0.1) is 0 Å². The fourth-order valence-corrected chi connectivity index (χ4v) is 2.61. The molecule has 4 nitrogen and oxygen atoms in total. The van der Waals surface area contributed by atoms with Gasteiger partial charge in [0.2, 0.25) is 0 Å². The number of nitrogens with one attached hydrogen (secondary N) is 1. The second kappa shape index (κ2) is 3.98. The third-order valence-corrected chi connectivity index (χ3v) is 3.34. The lowest BCUT2D eigenvalue weighted by molar-refractivity contribution is -0.147. The third-order valence-electron chi connectivity index (χ3n) is 3.34. The van der Waals surface area contributed by atoms with Crippen molar-refractivity contribution in [3.05, 3.63) is 35.5 Å². The molecule has 1 aromatic carbocycles. The van der Waals surface area contributed by atoms with Crippen LogP contribution in [0.5, 0.6) is 0 Å². The second-order valence-corrected chi connectivity index (χ2v) is 4.41. The summed E-state index contributed by atoms with van der Waals surface area (Å²) in [6.07, 6.45) is 2.04. The van der Waals surface area contributed by atoms with Gasteiger partial charge in [-0.15, -0.1) is 0 Å². The van der Waals surface area contributed by atoms with Crippen LogP contribution in [0.1, 0.15) is 24.0 Å². The number of ketones is 1. The minimum absolute atomic E-state index is 0.0898. The average molecular weight is 243 g/mol. The Morgan fingerprint density at radius 2 is 2.33 bits per heavy atom. The first-order valence-electron chi connectivity index (χ1n) is 6.00. The quantitative estimate of drug-likeness (QED) is 0.647. The van der Waals surface area contributed by atoms with E-state index < -0.39 is 11.9 Å². The van der Waals surface area contributed by atoms with E-state index in [9.17, 15) is 9.59 Å². The Labute approximate surface area is 104 Å². The molecule has 1 aliphatic carbocycles. The van der Waals surface area contributed by atoms with Crippen molar-refractivity contribution in [3.8, 4) is 0 Å². The van der Waals surface area contributed by atoms with Gasteiger partial charge >= 0.3 is 5.97 Å². The van der Waals surface area contributed by atoms with E-state index in [0.29, 0.717) is 6.42 Å². The van der Waals surface area contributed by atoms with Gasteiger partial charge in [0, 0.05) is 23.5 Å². The van der Waals surface area contributed by atoms with E-state index in [1.165, 1.54) is 0 Å². The first kappa shape index (κ1) is 11.0.